The Balaban J connectivity index is 1.70. The molecular formula is C27H44O. The van der Waals surface area contributed by atoms with E-state index in [1.165, 1.54) is 62.5 Å². The Morgan fingerprint density at radius 3 is 2.64 bits per heavy atom. The fourth-order valence-electron chi connectivity index (χ4n) is 6.66. The van der Waals surface area contributed by atoms with Crippen LogP contribution in [0.5, 0.6) is 0 Å². The number of rotatable bonds is 6. The quantitative estimate of drug-likeness (QED) is 0.499. The average molecular weight is 385 g/mol. The van der Waals surface area contributed by atoms with Crippen molar-refractivity contribution in [3.8, 4) is 0 Å². The Bertz CT molecular complexity index is 610. The van der Waals surface area contributed by atoms with Gasteiger partial charge in [0.2, 0.25) is 0 Å². The molecule has 0 aromatic carbocycles. The third kappa shape index (κ3) is 4.84. The summed E-state index contributed by atoms with van der Waals surface area (Å²) < 4.78 is 0. The maximum atomic E-state index is 10.0. The van der Waals surface area contributed by atoms with Crippen LogP contribution in [0.4, 0.5) is 0 Å². The minimum atomic E-state index is -0.172. The number of fused-ring (bicyclic) bond motifs is 1. The third-order valence-corrected chi connectivity index (χ3v) is 8.35. The largest absolute Gasteiger partial charge is 0.393 e. The van der Waals surface area contributed by atoms with E-state index in [9.17, 15) is 5.11 Å². The zero-order valence-corrected chi connectivity index (χ0v) is 19.0. The molecule has 1 nitrogen and oxygen atoms in total. The van der Waals surface area contributed by atoms with E-state index in [0.29, 0.717) is 5.41 Å². The standard InChI is InChI=1S/C27H44O/c1-19(2)8-6-9-21(4)25-15-16-26-22(10-7-17-27(25,26)5)12-13-23-18-24(28)14-11-20(23)3/h12-13,19,21,24-26,28H,3,6-11,14-18H2,1-2,4-5H3/b22-12+,23-13?/t21-,24+,25-,26+,27-/m1/s1. The van der Waals surface area contributed by atoms with E-state index in [1.54, 1.807) is 5.57 Å². The molecule has 3 aliphatic rings. The summed E-state index contributed by atoms with van der Waals surface area (Å²) in [6, 6.07) is 0. The van der Waals surface area contributed by atoms with Crippen LogP contribution >= 0.6 is 0 Å². The number of allylic oxidation sites excluding steroid dienone is 4. The lowest BCUT2D eigenvalue weighted by Crippen LogP contribution is -2.36. The van der Waals surface area contributed by atoms with Gasteiger partial charge in [-0.25, -0.2) is 0 Å². The monoisotopic (exact) mass is 384 g/mol. The molecule has 3 fully saturated rings. The molecule has 158 valence electrons. The van der Waals surface area contributed by atoms with Crippen LogP contribution in [-0.4, -0.2) is 11.2 Å². The van der Waals surface area contributed by atoms with Gasteiger partial charge in [-0.15, -0.1) is 0 Å². The van der Waals surface area contributed by atoms with Gasteiger partial charge >= 0.3 is 0 Å². The van der Waals surface area contributed by atoms with E-state index >= 15 is 0 Å². The van der Waals surface area contributed by atoms with Crippen molar-refractivity contribution in [2.24, 2.45) is 29.1 Å². The van der Waals surface area contributed by atoms with Crippen molar-refractivity contribution in [3.05, 3.63) is 35.5 Å². The number of hydrogen-bond acceptors (Lipinski definition) is 1. The van der Waals surface area contributed by atoms with Gasteiger partial charge in [0, 0.05) is 0 Å². The molecule has 0 radical (unpaired) electrons. The van der Waals surface area contributed by atoms with Crippen LogP contribution in [0.15, 0.2) is 35.5 Å². The van der Waals surface area contributed by atoms with Gasteiger partial charge < -0.3 is 5.11 Å². The van der Waals surface area contributed by atoms with E-state index in [-0.39, 0.29) is 6.10 Å². The highest BCUT2D eigenvalue weighted by Crippen LogP contribution is 2.59. The first kappa shape index (κ1) is 21.9. The van der Waals surface area contributed by atoms with Crippen LogP contribution < -0.4 is 0 Å². The second-order valence-electron chi connectivity index (χ2n) is 10.8. The summed E-state index contributed by atoms with van der Waals surface area (Å²) in [6.07, 6.45) is 18.2. The molecule has 3 rings (SSSR count). The van der Waals surface area contributed by atoms with Crippen LogP contribution in [-0.2, 0) is 0 Å². The first-order valence-electron chi connectivity index (χ1n) is 12.1. The van der Waals surface area contributed by atoms with Gasteiger partial charge in [0.25, 0.3) is 0 Å². The predicted octanol–water partition coefficient (Wildman–Crippen LogP) is 7.62. The van der Waals surface area contributed by atoms with Crippen LogP contribution in [0, 0.1) is 29.1 Å². The van der Waals surface area contributed by atoms with Gasteiger partial charge in [-0.1, -0.05) is 76.8 Å². The molecule has 0 bridgehead atoms. The zero-order chi connectivity index (χ0) is 20.3. The van der Waals surface area contributed by atoms with E-state index < -0.39 is 0 Å². The predicted molar refractivity (Wildman–Crippen MR) is 121 cm³/mol. The van der Waals surface area contributed by atoms with Crippen molar-refractivity contribution < 1.29 is 5.11 Å². The lowest BCUT2D eigenvalue weighted by molar-refractivity contribution is 0.0929. The molecule has 28 heavy (non-hydrogen) atoms. The van der Waals surface area contributed by atoms with E-state index in [1.807, 2.05) is 0 Å². The highest BCUT2D eigenvalue weighted by atomic mass is 16.3. The smallest absolute Gasteiger partial charge is 0.0583 e. The van der Waals surface area contributed by atoms with Gasteiger partial charge in [-0.3, -0.25) is 0 Å². The number of hydrogen-bond donors (Lipinski definition) is 1. The van der Waals surface area contributed by atoms with Crippen molar-refractivity contribution >= 4 is 0 Å². The van der Waals surface area contributed by atoms with Crippen molar-refractivity contribution in [2.75, 3.05) is 0 Å². The summed E-state index contributed by atoms with van der Waals surface area (Å²) in [6.45, 7) is 14.1. The zero-order valence-electron chi connectivity index (χ0n) is 19.0. The molecule has 3 aliphatic carbocycles. The fraction of sp³-hybridized carbons (Fsp3) is 0.778. The summed E-state index contributed by atoms with van der Waals surface area (Å²) in [7, 11) is 0. The molecule has 0 heterocycles. The third-order valence-electron chi connectivity index (χ3n) is 8.35. The van der Waals surface area contributed by atoms with Crippen LogP contribution in [0.2, 0.25) is 0 Å². The Kier molecular flexibility index (Phi) is 7.29. The maximum absolute atomic E-state index is 10.0. The normalized spacial score (nSPS) is 37.6. The van der Waals surface area contributed by atoms with Crippen molar-refractivity contribution in [1.29, 1.82) is 0 Å². The van der Waals surface area contributed by atoms with E-state index in [0.717, 1.165) is 42.9 Å². The first-order chi connectivity index (χ1) is 13.3. The molecule has 5 atom stereocenters. The topological polar surface area (TPSA) is 20.2 Å². The van der Waals surface area contributed by atoms with Gasteiger partial charge in [0.05, 0.1) is 6.10 Å². The summed E-state index contributed by atoms with van der Waals surface area (Å²) in [5.41, 5.74) is 4.72. The molecule has 0 spiro atoms. The molecule has 0 aliphatic heterocycles. The minimum Gasteiger partial charge on any atom is -0.393 e. The van der Waals surface area contributed by atoms with Crippen molar-refractivity contribution in [1.82, 2.24) is 0 Å². The van der Waals surface area contributed by atoms with Gasteiger partial charge in [0.15, 0.2) is 0 Å². The summed E-state index contributed by atoms with van der Waals surface area (Å²) in [4.78, 5) is 0. The Morgan fingerprint density at radius 2 is 1.89 bits per heavy atom. The average Bonchev–Trinajstić information content (AvgIpc) is 2.99. The summed E-state index contributed by atoms with van der Waals surface area (Å²) in [5, 5.41) is 10.0. The molecule has 0 aromatic heterocycles. The van der Waals surface area contributed by atoms with Crippen LogP contribution in [0.3, 0.4) is 0 Å². The van der Waals surface area contributed by atoms with Gasteiger partial charge in [-0.2, -0.15) is 0 Å². The highest BCUT2D eigenvalue weighted by molar-refractivity contribution is 5.36. The van der Waals surface area contributed by atoms with Gasteiger partial charge in [0.1, 0.15) is 0 Å². The second kappa shape index (κ2) is 9.33. The minimum absolute atomic E-state index is 0.172. The molecular weight excluding hydrogens is 340 g/mol. The maximum Gasteiger partial charge on any atom is 0.0583 e. The summed E-state index contributed by atoms with van der Waals surface area (Å²) in [5.74, 6) is 3.37. The molecule has 0 saturated heterocycles. The van der Waals surface area contributed by atoms with Crippen molar-refractivity contribution in [2.45, 2.75) is 104 Å². The van der Waals surface area contributed by atoms with Crippen LogP contribution in [0.1, 0.15) is 98.3 Å². The fourth-order valence-corrected chi connectivity index (χ4v) is 6.66. The van der Waals surface area contributed by atoms with E-state index in [4.69, 9.17) is 0 Å². The molecule has 0 unspecified atom stereocenters. The number of aliphatic hydroxyl groups excluding tert-OH is 1. The molecule has 1 N–H and O–H groups in total. The number of aliphatic hydroxyl groups is 1. The Hall–Kier alpha value is -0.820. The van der Waals surface area contributed by atoms with Crippen LogP contribution in [0.25, 0.3) is 0 Å². The SMILES string of the molecule is C=C1CC[C@H](O)CC1=C/C=C1\CCC[C@]2(C)[C@@H]([C@H](C)CCCC(C)C)CC[C@@H]12. The Labute approximate surface area is 174 Å². The lowest BCUT2D eigenvalue weighted by atomic mass is 9.60. The summed E-state index contributed by atoms with van der Waals surface area (Å²) >= 11 is 0. The lowest BCUT2D eigenvalue weighted by Gasteiger charge is -2.44. The molecule has 1 heteroatoms. The first-order valence-corrected chi connectivity index (χ1v) is 12.1. The van der Waals surface area contributed by atoms with Crippen molar-refractivity contribution in [3.63, 3.8) is 0 Å². The molecule has 3 saturated carbocycles. The molecule has 0 amide bonds. The Morgan fingerprint density at radius 1 is 1.11 bits per heavy atom. The van der Waals surface area contributed by atoms with E-state index in [2.05, 4.69) is 46.4 Å². The molecule has 0 aromatic rings. The highest BCUT2D eigenvalue weighted by Gasteiger charge is 2.50. The second-order valence-corrected chi connectivity index (χ2v) is 10.8. The van der Waals surface area contributed by atoms with Gasteiger partial charge in [-0.05, 0) is 86.0 Å².